The predicted molar refractivity (Wildman–Crippen MR) is 35.7 cm³/mol. The van der Waals surface area contributed by atoms with Crippen molar-refractivity contribution in [3.8, 4) is 0 Å². The van der Waals surface area contributed by atoms with Crippen molar-refractivity contribution in [3.63, 3.8) is 0 Å². The molecule has 1 amide bonds. The number of carbonyl (C=O) groups is 1. The minimum absolute atomic E-state index is 0.0446. The molecule has 0 radical (unpaired) electrons. The average molecular weight is 131 g/mol. The van der Waals surface area contributed by atoms with Crippen molar-refractivity contribution in [2.45, 2.75) is 12.6 Å². The van der Waals surface area contributed by atoms with Crippen molar-refractivity contribution >= 4 is 5.91 Å². The molecule has 0 heterocycles. The highest BCUT2D eigenvalue weighted by atomic mass is 16.1. The van der Waals surface area contributed by atoms with Crippen molar-refractivity contribution in [2.24, 2.45) is 5.73 Å². The van der Waals surface area contributed by atoms with Gasteiger partial charge in [-0.1, -0.05) is 0 Å². The highest BCUT2D eigenvalue weighted by Gasteiger charge is 2.03. The summed E-state index contributed by atoms with van der Waals surface area (Å²) in [6, 6.07) is 0. The van der Waals surface area contributed by atoms with Crippen molar-refractivity contribution in [1.29, 1.82) is 0 Å². The maximum absolute atomic E-state index is 10.6. The van der Waals surface area contributed by atoms with Crippen LogP contribution in [0.5, 0.6) is 0 Å². The number of amides is 1. The highest BCUT2D eigenvalue weighted by Crippen LogP contribution is 1.79. The first-order chi connectivity index (χ1) is 4.20. The second-order valence-electron chi connectivity index (χ2n) is 1.77. The van der Waals surface area contributed by atoms with Gasteiger partial charge in [0.2, 0.25) is 5.91 Å². The van der Waals surface area contributed by atoms with E-state index < -0.39 is 0 Å². The van der Waals surface area contributed by atoms with Crippen LogP contribution in [-0.4, -0.2) is 26.2 Å². The Bertz CT molecular complexity index is 94.2. The molecule has 0 saturated carbocycles. The lowest BCUT2D eigenvalue weighted by Gasteiger charge is -2.07. The van der Waals surface area contributed by atoms with E-state index in [4.69, 9.17) is 5.73 Å². The van der Waals surface area contributed by atoms with Crippen LogP contribution in [0, 0.1) is 0 Å². The molecule has 9 heavy (non-hydrogen) atoms. The SMILES string of the molecule is CNC(=O)CC(N)NC. The first-order valence-electron chi connectivity index (χ1n) is 2.84. The molecule has 0 fully saturated rings. The number of hydrogen-bond acceptors (Lipinski definition) is 3. The van der Waals surface area contributed by atoms with Crippen molar-refractivity contribution in [1.82, 2.24) is 10.6 Å². The Balaban J connectivity index is 3.34. The van der Waals surface area contributed by atoms with Gasteiger partial charge in [-0.2, -0.15) is 0 Å². The van der Waals surface area contributed by atoms with Gasteiger partial charge in [0.1, 0.15) is 0 Å². The third kappa shape index (κ3) is 3.93. The summed E-state index contributed by atoms with van der Waals surface area (Å²) in [4.78, 5) is 10.6. The fraction of sp³-hybridized carbons (Fsp3) is 0.800. The number of nitrogens with one attached hydrogen (secondary N) is 2. The van der Waals surface area contributed by atoms with E-state index in [0.29, 0.717) is 6.42 Å². The van der Waals surface area contributed by atoms with E-state index in [2.05, 4.69) is 10.6 Å². The normalized spacial score (nSPS) is 12.8. The molecule has 0 aliphatic heterocycles. The number of hydrogen-bond donors (Lipinski definition) is 3. The van der Waals surface area contributed by atoms with Gasteiger partial charge >= 0.3 is 0 Å². The Morgan fingerprint density at radius 3 is 2.56 bits per heavy atom. The molecule has 0 aliphatic rings. The summed E-state index contributed by atoms with van der Waals surface area (Å²) in [5.74, 6) is -0.0446. The van der Waals surface area contributed by atoms with Gasteiger partial charge in [-0.05, 0) is 7.05 Å². The summed E-state index contributed by atoms with van der Waals surface area (Å²) in [5.41, 5.74) is 5.38. The van der Waals surface area contributed by atoms with Crippen LogP contribution in [0.1, 0.15) is 6.42 Å². The third-order valence-corrected chi connectivity index (χ3v) is 1.05. The molecule has 1 unspecified atom stereocenters. The van der Waals surface area contributed by atoms with Gasteiger partial charge in [-0.15, -0.1) is 0 Å². The van der Waals surface area contributed by atoms with Gasteiger partial charge in [-0.3, -0.25) is 4.79 Å². The molecule has 0 aromatic rings. The summed E-state index contributed by atoms with van der Waals surface area (Å²) in [6.07, 6.45) is 0.0949. The standard InChI is InChI=1S/C5H13N3O/c1-7-4(6)3-5(9)8-2/h4,7H,3,6H2,1-2H3,(H,8,9). The van der Waals surface area contributed by atoms with E-state index >= 15 is 0 Å². The van der Waals surface area contributed by atoms with Crippen molar-refractivity contribution in [3.05, 3.63) is 0 Å². The Hall–Kier alpha value is -0.610. The molecule has 1 atom stereocenters. The van der Waals surface area contributed by atoms with Crippen LogP contribution in [0.4, 0.5) is 0 Å². The second-order valence-corrected chi connectivity index (χ2v) is 1.77. The molecule has 0 bridgehead atoms. The molecule has 4 N–H and O–H groups in total. The molecule has 0 spiro atoms. The fourth-order valence-electron chi connectivity index (χ4n) is 0.404. The smallest absolute Gasteiger partial charge is 0.222 e. The van der Waals surface area contributed by atoms with Gasteiger partial charge in [0, 0.05) is 7.05 Å². The van der Waals surface area contributed by atoms with Crippen LogP contribution in [-0.2, 0) is 4.79 Å². The monoisotopic (exact) mass is 131 g/mol. The number of carbonyl (C=O) groups excluding carboxylic acids is 1. The molecule has 0 rings (SSSR count). The first-order valence-corrected chi connectivity index (χ1v) is 2.84. The van der Waals surface area contributed by atoms with E-state index in [-0.39, 0.29) is 12.1 Å². The second kappa shape index (κ2) is 4.29. The maximum atomic E-state index is 10.6. The highest BCUT2D eigenvalue weighted by molar-refractivity contribution is 5.76. The van der Waals surface area contributed by atoms with Crippen LogP contribution in [0.3, 0.4) is 0 Å². The van der Waals surface area contributed by atoms with Gasteiger partial charge in [0.15, 0.2) is 0 Å². The molecule has 4 heteroatoms. The molecular formula is C5H13N3O. The first kappa shape index (κ1) is 8.39. The van der Waals surface area contributed by atoms with Crippen LogP contribution >= 0.6 is 0 Å². The molecule has 0 saturated heterocycles. The summed E-state index contributed by atoms with van der Waals surface area (Å²) in [7, 11) is 3.30. The van der Waals surface area contributed by atoms with Crippen LogP contribution in [0.2, 0.25) is 0 Å². The van der Waals surface area contributed by atoms with Crippen molar-refractivity contribution in [2.75, 3.05) is 14.1 Å². The minimum Gasteiger partial charge on any atom is -0.359 e. The molecule has 0 aliphatic carbocycles. The third-order valence-electron chi connectivity index (χ3n) is 1.05. The Morgan fingerprint density at radius 2 is 2.22 bits per heavy atom. The molecule has 54 valence electrons. The van der Waals surface area contributed by atoms with Gasteiger partial charge in [0.05, 0.1) is 12.6 Å². The van der Waals surface area contributed by atoms with Crippen LogP contribution in [0.25, 0.3) is 0 Å². The summed E-state index contributed by atoms with van der Waals surface area (Å²) in [6.45, 7) is 0. The maximum Gasteiger partial charge on any atom is 0.222 e. The van der Waals surface area contributed by atoms with Crippen LogP contribution < -0.4 is 16.4 Å². The zero-order valence-corrected chi connectivity index (χ0v) is 5.77. The lowest BCUT2D eigenvalue weighted by atomic mass is 10.3. The Morgan fingerprint density at radius 1 is 1.67 bits per heavy atom. The van der Waals surface area contributed by atoms with Crippen molar-refractivity contribution < 1.29 is 4.79 Å². The van der Waals surface area contributed by atoms with Gasteiger partial charge in [-0.25, -0.2) is 0 Å². The zero-order valence-electron chi connectivity index (χ0n) is 5.77. The summed E-state index contributed by atoms with van der Waals surface area (Å²) >= 11 is 0. The minimum atomic E-state index is -0.232. The van der Waals surface area contributed by atoms with E-state index in [1.54, 1.807) is 14.1 Å². The lowest BCUT2D eigenvalue weighted by Crippen LogP contribution is -2.39. The number of rotatable bonds is 3. The van der Waals surface area contributed by atoms with Gasteiger partial charge in [0.25, 0.3) is 0 Å². The van der Waals surface area contributed by atoms with E-state index in [1.165, 1.54) is 0 Å². The Kier molecular flexibility index (Phi) is 4.00. The summed E-state index contributed by atoms with van der Waals surface area (Å²) in [5, 5.41) is 5.22. The molecule has 0 aromatic heterocycles. The Labute approximate surface area is 54.8 Å². The average Bonchev–Trinajstić information content (AvgIpc) is 1.87. The topological polar surface area (TPSA) is 67.2 Å². The van der Waals surface area contributed by atoms with E-state index in [0.717, 1.165) is 0 Å². The fourth-order valence-corrected chi connectivity index (χ4v) is 0.404. The zero-order chi connectivity index (χ0) is 7.28. The lowest BCUT2D eigenvalue weighted by molar-refractivity contribution is -0.121. The molecule has 0 aromatic carbocycles. The predicted octanol–water partition coefficient (Wildman–Crippen LogP) is -1.37. The largest absolute Gasteiger partial charge is 0.359 e. The molecule has 4 nitrogen and oxygen atoms in total. The summed E-state index contributed by atoms with van der Waals surface area (Å²) < 4.78 is 0. The van der Waals surface area contributed by atoms with Crippen LogP contribution in [0.15, 0.2) is 0 Å². The molecular weight excluding hydrogens is 118 g/mol. The van der Waals surface area contributed by atoms with Gasteiger partial charge < -0.3 is 16.4 Å². The number of nitrogens with two attached hydrogens (primary N) is 1. The van der Waals surface area contributed by atoms with E-state index in [1.807, 2.05) is 0 Å². The van der Waals surface area contributed by atoms with E-state index in [9.17, 15) is 4.79 Å². The quantitative estimate of drug-likeness (QED) is 0.414.